The molecule has 0 bridgehead atoms. The Bertz CT molecular complexity index is 697. The summed E-state index contributed by atoms with van der Waals surface area (Å²) in [6.07, 6.45) is 4.19. The van der Waals surface area contributed by atoms with E-state index in [1.807, 2.05) is 6.07 Å². The number of amides is 2. The Balaban J connectivity index is 1.44. The zero-order valence-corrected chi connectivity index (χ0v) is 13.6. The lowest BCUT2D eigenvalue weighted by Gasteiger charge is -2.39. The lowest BCUT2D eigenvalue weighted by atomic mass is 9.92. The smallest absolute Gasteiger partial charge is 0.321 e. The topological polar surface area (TPSA) is 59.4 Å². The lowest BCUT2D eigenvalue weighted by molar-refractivity contribution is 0.131. The van der Waals surface area contributed by atoms with Gasteiger partial charge in [0.15, 0.2) is 0 Å². The van der Waals surface area contributed by atoms with Crippen molar-refractivity contribution in [1.29, 1.82) is 0 Å². The minimum Gasteiger partial charge on any atom is -0.383 e. The number of nitrogens with one attached hydrogen (secondary N) is 1. The molecule has 1 saturated heterocycles. The molecule has 24 heavy (non-hydrogen) atoms. The first kappa shape index (κ1) is 16.4. The van der Waals surface area contributed by atoms with Crippen molar-refractivity contribution in [2.45, 2.75) is 13.0 Å². The van der Waals surface area contributed by atoms with Crippen LogP contribution in [-0.2, 0) is 17.7 Å². The maximum Gasteiger partial charge on any atom is 0.321 e. The van der Waals surface area contributed by atoms with E-state index in [-0.39, 0.29) is 11.8 Å². The number of hydrogen-bond acceptors (Lipinski definition) is 3. The van der Waals surface area contributed by atoms with E-state index in [2.05, 4.69) is 10.4 Å². The molecular weight excluding hydrogens is 311 g/mol. The number of nitrogens with zero attached hydrogens (tertiary/aromatic N) is 3. The number of anilines is 1. The number of likely N-dealkylation sites (tertiary alicyclic amines) is 1. The fourth-order valence-corrected chi connectivity index (χ4v) is 2.80. The molecule has 0 saturated carbocycles. The van der Waals surface area contributed by atoms with Crippen LogP contribution in [0.4, 0.5) is 14.9 Å². The Morgan fingerprint density at radius 2 is 2.29 bits per heavy atom. The van der Waals surface area contributed by atoms with Gasteiger partial charge in [0.2, 0.25) is 0 Å². The largest absolute Gasteiger partial charge is 0.383 e. The maximum absolute atomic E-state index is 13.2. The number of benzene rings is 1. The number of ether oxygens (including phenoxy) is 1. The molecule has 1 N–H and O–H groups in total. The van der Waals surface area contributed by atoms with Crippen molar-refractivity contribution < 1.29 is 13.9 Å². The van der Waals surface area contributed by atoms with Crippen molar-refractivity contribution >= 4 is 11.7 Å². The standard InChI is InChI=1S/C17H21FN4O2/c1-24-6-5-22-12-16(9-19-22)20-17(23)21-10-14(11-21)7-13-3-2-4-15(18)8-13/h2-4,8-9,12,14H,5-7,10-11H2,1H3,(H,20,23). The Morgan fingerprint density at radius 3 is 3.04 bits per heavy atom. The van der Waals surface area contributed by atoms with E-state index >= 15 is 0 Å². The number of aromatic nitrogens is 2. The van der Waals surface area contributed by atoms with E-state index in [1.165, 1.54) is 6.07 Å². The van der Waals surface area contributed by atoms with E-state index in [1.54, 1.807) is 41.2 Å². The van der Waals surface area contributed by atoms with Gasteiger partial charge in [-0.2, -0.15) is 5.10 Å². The summed E-state index contributed by atoms with van der Waals surface area (Å²) in [6.45, 7) is 2.58. The van der Waals surface area contributed by atoms with Gasteiger partial charge in [-0.05, 0) is 30.0 Å². The summed E-state index contributed by atoms with van der Waals surface area (Å²) in [7, 11) is 1.64. The number of carbonyl (C=O) groups is 1. The highest BCUT2D eigenvalue weighted by Crippen LogP contribution is 2.22. The highest BCUT2D eigenvalue weighted by Gasteiger charge is 2.30. The molecule has 6 nitrogen and oxygen atoms in total. The average molecular weight is 332 g/mol. The van der Waals surface area contributed by atoms with Gasteiger partial charge in [0.05, 0.1) is 25.0 Å². The third-order valence-electron chi connectivity index (χ3n) is 4.07. The van der Waals surface area contributed by atoms with E-state index < -0.39 is 0 Å². The Kier molecular flexibility index (Phi) is 5.10. The van der Waals surface area contributed by atoms with Gasteiger partial charge in [0.25, 0.3) is 0 Å². The van der Waals surface area contributed by atoms with Crippen LogP contribution < -0.4 is 5.32 Å². The van der Waals surface area contributed by atoms with Crippen molar-refractivity contribution in [3.8, 4) is 0 Å². The summed E-state index contributed by atoms with van der Waals surface area (Å²) in [4.78, 5) is 13.9. The predicted molar refractivity (Wildman–Crippen MR) is 88.3 cm³/mol. The SMILES string of the molecule is COCCn1cc(NC(=O)N2CC(Cc3cccc(F)c3)C2)cn1. The van der Waals surface area contributed by atoms with Crippen LogP contribution in [0.1, 0.15) is 5.56 Å². The Morgan fingerprint density at radius 1 is 1.46 bits per heavy atom. The second kappa shape index (κ2) is 7.44. The van der Waals surface area contributed by atoms with E-state index in [0.29, 0.717) is 37.8 Å². The second-order valence-electron chi connectivity index (χ2n) is 6.02. The van der Waals surface area contributed by atoms with Crippen molar-refractivity contribution in [3.63, 3.8) is 0 Å². The molecule has 2 heterocycles. The van der Waals surface area contributed by atoms with Gasteiger partial charge in [0, 0.05) is 26.4 Å². The fraction of sp³-hybridized carbons (Fsp3) is 0.412. The van der Waals surface area contributed by atoms with Crippen LogP contribution in [0.15, 0.2) is 36.7 Å². The third kappa shape index (κ3) is 4.11. The summed E-state index contributed by atoms with van der Waals surface area (Å²) >= 11 is 0. The predicted octanol–water partition coefficient (Wildman–Crippen LogP) is 2.38. The number of carbonyl (C=O) groups excluding carboxylic acids is 1. The molecule has 0 spiro atoms. The van der Waals surface area contributed by atoms with Gasteiger partial charge in [-0.1, -0.05) is 12.1 Å². The number of urea groups is 1. The summed E-state index contributed by atoms with van der Waals surface area (Å²) in [5.74, 6) is 0.161. The fourth-order valence-electron chi connectivity index (χ4n) is 2.80. The number of hydrogen-bond donors (Lipinski definition) is 1. The Labute approximate surface area is 140 Å². The van der Waals surface area contributed by atoms with Gasteiger partial charge in [-0.25, -0.2) is 9.18 Å². The molecular formula is C17H21FN4O2. The average Bonchev–Trinajstić information content (AvgIpc) is 2.95. The van der Waals surface area contributed by atoms with Gasteiger partial charge in [0.1, 0.15) is 5.82 Å². The van der Waals surface area contributed by atoms with Crippen LogP contribution in [0.2, 0.25) is 0 Å². The summed E-state index contributed by atoms with van der Waals surface area (Å²) in [5, 5.41) is 6.99. The molecule has 0 atom stereocenters. The van der Waals surface area contributed by atoms with Crippen molar-refractivity contribution in [3.05, 3.63) is 48.0 Å². The van der Waals surface area contributed by atoms with Gasteiger partial charge < -0.3 is 15.0 Å². The van der Waals surface area contributed by atoms with Crippen LogP contribution in [-0.4, -0.2) is 47.5 Å². The van der Waals surface area contributed by atoms with E-state index in [0.717, 1.165) is 12.0 Å². The second-order valence-corrected chi connectivity index (χ2v) is 6.02. The van der Waals surface area contributed by atoms with Crippen LogP contribution in [0, 0.1) is 11.7 Å². The van der Waals surface area contributed by atoms with Crippen LogP contribution in [0.3, 0.4) is 0 Å². The normalized spacial score (nSPS) is 14.5. The van der Waals surface area contributed by atoms with Crippen molar-refractivity contribution in [2.75, 3.05) is 32.1 Å². The molecule has 3 rings (SSSR count). The highest BCUT2D eigenvalue weighted by atomic mass is 19.1. The highest BCUT2D eigenvalue weighted by molar-refractivity contribution is 5.89. The lowest BCUT2D eigenvalue weighted by Crippen LogP contribution is -2.52. The Hall–Kier alpha value is -2.41. The zero-order chi connectivity index (χ0) is 16.9. The zero-order valence-electron chi connectivity index (χ0n) is 13.6. The molecule has 7 heteroatoms. The number of methoxy groups -OCH3 is 1. The van der Waals surface area contributed by atoms with Crippen molar-refractivity contribution in [2.24, 2.45) is 5.92 Å². The van der Waals surface area contributed by atoms with Gasteiger partial charge in [-0.15, -0.1) is 0 Å². The van der Waals surface area contributed by atoms with Crippen molar-refractivity contribution in [1.82, 2.24) is 14.7 Å². The number of halogens is 1. The van der Waals surface area contributed by atoms with Gasteiger partial charge >= 0.3 is 6.03 Å². The van der Waals surface area contributed by atoms with Gasteiger partial charge in [-0.3, -0.25) is 4.68 Å². The molecule has 0 unspecified atom stereocenters. The number of rotatable bonds is 6. The first-order valence-electron chi connectivity index (χ1n) is 7.96. The molecule has 0 radical (unpaired) electrons. The molecule has 2 amide bonds. The van der Waals surface area contributed by atoms with Crippen LogP contribution in [0.5, 0.6) is 0 Å². The molecule has 1 aliphatic heterocycles. The molecule has 0 aliphatic carbocycles. The minimum atomic E-state index is -0.216. The minimum absolute atomic E-state index is 0.128. The monoisotopic (exact) mass is 332 g/mol. The third-order valence-corrected chi connectivity index (χ3v) is 4.07. The quantitative estimate of drug-likeness (QED) is 0.883. The summed E-state index contributed by atoms with van der Waals surface area (Å²) in [6, 6.07) is 6.50. The van der Waals surface area contributed by atoms with E-state index in [4.69, 9.17) is 4.74 Å². The summed E-state index contributed by atoms with van der Waals surface area (Å²) in [5.41, 5.74) is 1.64. The van der Waals surface area contributed by atoms with Crippen LogP contribution >= 0.6 is 0 Å². The molecule has 1 aromatic carbocycles. The molecule has 2 aromatic rings. The molecule has 1 aliphatic rings. The maximum atomic E-state index is 13.2. The molecule has 1 fully saturated rings. The first-order chi connectivity index (χ1) is 11.6. The molecule has 128 valence electrons. The molecule has 1 aromatic heterocycles. The summed E-state index contributed by atoms with van der Waals surface area (Å²) < 4.78 is 19.9. The van der Waals surface area contributed by atoms with E-state index in [9.17, 15) is 9.18 Å². The first-order valence-corrected chi connectivity index (χ1v) is 7.96. The van der Waals surface area contributed by atoms with Crippen LogP contribution in [0.25, 0.3) is 0 Å².